The molecule has 1 N–H and O–H groups in total. The Morgan fingerprint density at radius 3 is 2.57 bits per heavy atom. The SMILES string of the molecule is COc1ccc(C(=O)c2cc3ccc2[C@@H]2CC[C@@]4(CN(Cc5ccccc5)C(=O)O4)[C@@]2(C)CCC=C(C)CC[C@H](O)C3)cc1. The summed E-state index contributed by atoms with van der Waals surface area (Å²) in [6.07, 6.45) is 6.75. The number of ketones is 1. The van der Waals surface area contributed by atoms with Crippen LogP contribution in [0.5, 0.6) is 5.75 Å². The summed E-state index contributed by atoms with van der Waals surface area (Å²) in [5.41, 5.74) is 4.51. The van der Waals surface area contributed by atoms with Crippen LogP contribution in [0.2, 0.25) is 0 Å². The Morgan fingerprint density at radius 1 is 1.05 bits per heavy atom. The molecule has 4 aliphatic rings. The minimum atomic E-state index is -0.655. The first-order valence-electron chi connectivity index (χ1n) is 15.9. The third kappa shape index (κ3) is 5.68. The van der Waals surface area contributed by atoms with Crippen molar-refractivity contribution in [1.82, 2.24) is 4.90 Å². The largest absolute Gasteiger partial charge is 0.497 e. The highest BCUT2D eigenvalue weighted by molar-refractivity contribution is 6.10. The van der Waals surface area contributed by atoms with Crippen LogP contribution in [0.4, 0.5) is 4.79 Å². The summed E-state index contributed by atoms with van der Waals surface area (Å²) < 4.78 is 11.8. The van der Waals surface area contributed by atoms with E-state index in [0.717, 1.165) is 48.8 Å². The molecule has 6 nitrogen and oxygen atoms in total. The van der Waals surface area contributed by atoms with Crippen molar-refractivity contribution < 1.29 is 24.2 Å². The molecule has 3 aromatic carbocycles. The van der Waals surface area contributed by atoms with Crippen LogP contribution < -0.4 is 4.74 Å². The molecular formula is C38H43NO5. The number of aliphatic hydroxyl groups is 1. The summed E-state index contributed by atoms with van der Waals surface area (Å²) in [5.74, 6) is 0.670. The average Bonchev–Trinajstić information content (AvgIpc) is 3.50. The molecule has 0 radical (unpaired) electrons. The van der Waals surface area contributed by atoms with Crippen molar-refractivity contribution >= 4 is 11.9 Å². The second kappa shape index (κ2) is 12.2. The first kappa shape index (κ1) is 30.1. The maximum absolute atomic E-state index is 14.2. The predicted molar refractivity (Wildman–Crippen MR) is 171 cm³/mol. The minimum absolute atomic E-state index is 0.0137. The molecule has 3 aromatic rings. The van der Waals surface area contributed by atoms with E-state index in [2.05, 4.69) is 32.1 Å². The van der Waals surface area contributed by atoms with Crippen LogP contribution in [0.3, 0.4) is 0 Å². The Labute approximate surface area is 260 Å². The van der Waals surface area contributed by atoms with E-state index in [-0.39, 0.29) is 17.8 Å². The van der Waals surface area contributed by atoms with Crippen molar-refractivity contribution in [3.05, 3.63) is 112 Å². The number of ether oxygens (including phenoxy) is 2. The van der Waals surface area contributed by atoms with Crippen molar-refractivity contribution in [2.75, 3.05) is 13.7 Å². The van der Waals surface area contributed by atoms with Gasteiger partial charge in [0.2, 0.25) is 0 Å². The van der Waals surface area contributed by atoms with Crippen LogP contribution in [-0.4, -0.2) is 47.2 Å². The number of allylic oxidation sites excluding steroid dienone is 2. The van der Waals surface area contributed by atoms with Gasteiger partial charge in [-0.3, -0.25) is 9.69 Å². The zero-order valence-corrected chi connectivity index (χ0v) is 26.1. The molecule has 0 unspecified atom stereocenters. The molecule has 2 fully saturated rings. The number of rotatable bonds is 5. The summed E-state index contributed by atoms with van der Waals surface area (Å²) in [7, 11) is 1.61. The smallest absolute Gasteiger partial charge is 0.410 e. The number of fused-ring (bicyclic) bond motifs is 8. The molecule has 4 atom stereocenters. The van der Waals surface area contributed by atoms with E-state index in [1.807, 2.05) is 65.6 Å². The zero-order chi connectivity index (χ0) is 30.9. The van der Waals surface area contributed by atoms with E-state index in [4.69, 9.17) is 9.47 Å². The Kier molecular flexibility index (Phi) is 8.38. The molecule has 7 rings (SSSR count). The lowest BCUT2D eigenvalue weighted by atomic mass is 9.64. The second-order valence-corrected chi connectivity index (χ2v) is 13.2. The minimum Gasteiger partial charge on any atom is -0.497 e. The normalized spacial score (nSPS) is 27.0. The van der Waals surface area contributed by atoms with Crippen molar-refractivity contribution in [3.63, 3.8) is 0 Å². The third-order valence-electron chi connectivity index (χ3n) is 10.4. The quantitative estimate of drug-likeness (QED) is 0.243. The summed E-state index contributed by atoms with van der Waals surface area (Å²) in [4.78, 5) is 29.5. The van der Waals surface area contributed by atoms with Gasteiger partial charge in [-0.1, -0.05) is 61.0 Å². The molecule has 3 aliphatic carbocycles. The Hall–Kier alpha value is -3.90. The van der Waals surface area contributed by atoms with Gasteiger partial charge in [0.15, 0.2) is 5.78 Å². The van der Waals surface area contributed by atoms with Gasteiger partial charge in [-0.05, 0) is 105 Å². The lowest BCUT2D eigenvalue weighted by molar-refractivity contribution is -0.0373. The molecule has 1 amide bonds. The fourth-order valence-corrected chi connectivity index (χ4v) is 7.81. The number of amides is 1. The summed E-state index contributed by atoms with van der Waals surface area (Å²) >= 11 is 0. The molecule has 1 heterocycles. The number of hydrogen-bond acceptors (Lipinski definition) is 5. The molecule has 1 saturated carbocycles. The first-order valence-corrected chi connectivity index (χ1v) is 15.9. The van der Waals surface area contributed by atoms with Gasteiger partial charge in [-0.15, -0.1) is 0 Å². The molecule has 0 aromatic heterocycles. The molecule has 44 heavy (non-hydrogen) atoms. The van der Waals surface area contributed by atoms with Gasteiger partial charge < -0.3 is 14.6 Å². The topological polar surface area (TPSA) is 76.1 Å². The standard InChI is InChI=1S/C38H43NO5/c1-26-8-7-20-37(2)34(19-21-38(37)25-39(36(42)44-38)24-27-9-5-4-6-10-27)32-18-12-28(22-30(40)15-11-26)23-33(32)35(41)29-13-16-31(43-3)17-14-29/h4-6,8-10,12-14,16-18,23,30,34,40H,7,11,15,19-22,24-25H2,1-3H3/t30-,34-,37-,38+/m0/s1. The van der Waals surface area contributed by atoms with Crippen LogP contribution in [-0.2, 0) is 17.7 Å². The monoisotopic (exact) mass is 593 g/mol. The molecule has 230 valence electrons. The van der Waals surface area contributed by atoms with Gasteiger partial charge >= 0.3 is 6.09 Å². The van der Waals surface area contributed by atoms with Gasteiger partial charge in [-0.25, -0.2) is 4.79 Å². The maximum Gasteiger partial charge on any atom is 0.410 e. The molecule has 2 bridgehead atoms. The fourth-order valence-electron chi connectivity index (χ4n) is 7.81. The third-order valence-corrected chi connectivity index (χ3v) is 10.4. The van der Waals surface area contributed by atoms with E-state index in [9.17, 15) is 14.7 Å². The number of nitrogens with zero attached hydrogens (tertiary/aromatic N) is 1. The fraction of sp³-hybridized carbons (Fsp3) is 0.421. The zero-order valence-electron chi connectivity index (χ0n) is 26.1. The highest BCUT2D eigenvalue weighted by atomic mass is 16.6. The van der Waals surface area contributed by atoms with Crippen LogP contribution in [0.25, 0.3) is 0 Å². The Morgan fingerprint density at radius 2 is 1.82 bits per heavy atom. The van der Waals surface area contributed by atoms with Crippen molar-refractivity contribution in [2.24, 2.45) is 5.41 Å². The van der Waals surface area contributed by atoms with Gasteiger partial charge in [0.25, 0.3) is 0 Å². The number of benzene rings is 3. The van der Waals surface area contributed by atoms with Crippen LogP contribution in [0.1, 0.15) is 90.9 Å². The van der Waals surface area contributed by atoms with Gasteiger partial charge in [0.05, 0.1) is 19.8 Å². The summed E-state index contributed by atoms with van der Waals surface area (Å²) in [5, 5.41) is 10.9. The van der Waals surface area contributed by atoms with E-state index < -0.39 is 17.1 Å². The molecule has 1 saturated heterocycles. The van der Waals surface area contributed by atoms with Gasteiger partial charge in [0, 0.05) is 23.1 Å². The molecule has 6 heteroatoms. The van der Waals surface area contributed by atoms with Crippen LogP contribution in [0.15, 0.2) is 84.4 Å². The lowest BCUT2D eigenvalue weighted by Crippen LogP contribution is -2.48. The van der Waals surface area contributed by atoms with E-state index in [1.54, 1.807) is 7.11 Å². The highest BCUT2D eigenvalue weighted by Crippen LogP contribution is 2.61. The number of aliphatic hydroxyl groups excluding tert-OH is 1. The number of carbonyl (C=O) groups excluding carboxylic acids is 2. The van der Waals surface area contributed by atoms with Crippen LogP contribution in [0, 0.1) is 5.41 Å². The molecule has 1 spiro atoms. The van der Waals surface area contributed by atoms with Gasteiger partial charge in [-0.2, -0.15) is 0 Å². The Bertz CT molecular complexity index is 1550. The number of methoxy groups -OCH3 is 1. The van der Waals surface area contributed by atoms with Crippen molar-refractivity contribution in [3.8, 4) is 5.75 Å². The van der Waals surface area contributed by atoms with E-state index >= 15 is 0 Å². The Balaban J connectivity index is 1.42. The summed E-state index contributed by atoms with van der Waals surface area (Å²) in [6.45, 7) is 5.46. The predicted octanol–water partition coefficient (Wildman–Crippen LogP) is 7.62. The molecular weight excluding hydrogens is 550 g/mol. The number of hydrogen-bond donors (Lipinski definition) is 1. The van der Waals surface area contributed by atoms with Crippen molar-refractivity contribution in [1.29, 1.82) is 0 Å². The van der Waals surface area contributed by atoms with E-state index in [1.165, 1.54) is 5.57 Å². The number of carbonyl (C=O) groups is 2. The second-order valence-electron chi connectivity index (χ2n) is 13.2. The van der Waals surface area contributed by atoms with E-state index in [0.29, 0.717) is 42.8 Å². The first-order chi connectivity index (χ1) is 21.2. The highest BCUT2D eigenvalue weighted by Gasteiger charge is 2.63. The average molecular weight is 594 g/mol. The maximum atomic E-state index is 14.2. The lowest BCUT2D eigenvalue weighted by Gasteiger charge is -2.43. The molecule has 1 aliphatic heterocycles. The van der Waals surface area contributed by atoms with Crippen molar-refractivity contribution in [2.45, 2.75) is 83.0 Å². The summed E-state index contributed by atoms with van der Waals surface area (Å²) in [6, 6.07) is 23.5. The van der Waals surface area contributed by atoms with Crippen LogP contribution >= 0.6 is 0 Å². The van der Waals surface area contributed by atoms with Gasteiger partial charge in [0.1, 0.15) is 11.4 Å².